The number of ketones is 1. The maximum Gasteiger partial charge on any atom is 0.303 e. The van der Waals surface area contributed by atoms with E-state index in [0.29, 0.717) is 36.3 Å². The lowest BCUT2D eigenvalue weighted by molar-refractivity contribution is -0.138. The first kappa shape index (κ1) is 28.9. The van der Waals surface area contributed by atoms with Crippen molar-refractivity contribution >= 4 is 23.6 Å². The molecule has 12 heteroatoms. The molecule has 3 aliphatic rings. The van der Waals surface area contributed by atoms with Gasteiger partial charge < -0.3 is 20.3 Å². The summed E-state index contributed by atoms with van der Waals surface area (Å²) in [6.45, 7) is 0.672. The SMILES string of the molecule is O=C(O)CCC(=O)CC(c1ccc(C(=O)N2C[C@H](C3CCCCC3)C[C@H]2C(=O)NCc2nn[nH]n2)[nH]1)C1CCCC1. The highest BCUT2D eigenvalue weighted by atomic mass is 16.4. The Kier molecular flexibility index (Phi) is 9.45. The van der Waals surface area contributed by atoms with Gasteiger partial charge in [-0.3, -0.25) is 19.2 Å². The number of amides is 2. The zero-order chi connectivity index (χ0) is 28.8. The standard InChI is InChI=1S/C29H41N7O5/c37-21(10-13-27(38)39)15-22(19-8-4-5-9-19)23-11-12-24(31-23)29(41)36-17-20(18-6-2-1-3-7-18)14-25(36)28(40)30-16-26-32-34-35-33-26/h11-12,18-20,22,25,31H,1-10,13-17H2,(H,30,40)(H,38,39)(H,32,33,34,35)/t20-,22?,25+/m1/s1. The Hall–Kier alpha value is -3.57. The number of nitrogens with one attached hydrogen (secondary N) is 3. The van der Waals surface area contributed by atoms with Crippen LogP contribution in [-0.2, 0) is 20.9 Å². The summed E-state index contributed by atoms with van der Waals surface area (Å²) >= 11 is 0. The highest BCUT2D eigenvalue weighted by molar-refractivity contribution is 5.97. The van der Waals surface area contributed by atoms with Crippen LogP contribution in [0.3, 0.4) is 0 Å². The number of likely N-dealkylation sites (tertiary alicyclic amines) is 1. The molecule has 0 aromatic carbocycles. The molecule has 5 rings (SSSR count). The van der Waals surface area contributed by atoms with Crippen LogP contribution in [0.5, 0.6) is 0 Å². The topological polar surface area (TPSA) is 174 Å². The van der Waals surface area contributed by atoms with E-state index in [1.807, 2.05) is 6.07 Å². The quantitative estimate of drug-likeness (QED) is 0.302. The first-order chi connectivity index (χ1) is 19.9. The van der Waals surface area contributed by atoms with Crippen molar-refractivity contribution in [3.05, 3.63) is 29.3 Å². The molecule has 3 atom stereocenters. The number of carbonyl (C=O) groups excluding carboxylic acids is 3. The molecule has 1 unspecified atom stereocenters. The minimum Gasteiger partial charge on any atom is -0.481 e. The zero-order valence-corrected chi connectivity index (χ0v) is 23.5. The maximum atomic E-state index is 13.9. The second-order valence-corrected chi connectivity index (χ2v) is 12.0. The van der Waals surface area contributed by atoms with E-state index in [4.69, 9.17) is 5.11 Å². The molecule has 1 saturated heterocycles. The number of aliphatic carboxylic acids is 1. The second kappa shape index (κ2) is 13.4. The summed E-state index contributed by atoms with van der Waals surface area (Å²) in [4.78, 5) is 56.0. The monoisotopic (exact) mass is 567 g/mol. The van der Waals surface area contributed by atoms with Crippen LogP contribution in [0.2, 0.25) is 0 Å². The Balaban J connectivity index is 1.32. The number of tetrazole rings is 1. The predicted molar refractivity (Wildman–Crippen MR) is 148 cm³/mol. The Morgan fingerprint density at radius 2 is 1.76 bits per heavy atom. The van der Waals surface area contributed by atoms with Crippen molar-refractivity contribution in [3.63, 3.8) is 0 Å². The van der Waals surface area contributed by atoms with Gasteiger partial charge in [0.25, 0.3) is 5.91 Å². The first-order valence-corrected chi connectivity index (χ1v) is 15.1. The number of carbonyl (C=O) groups is 4. The Morgan fingerprint density at radius 3 is 2.46 bits per heavy atom. The first-order valence-electron chi connectivity index (χ1n) is 15.1. The summed E-state index contributed by atoms with van der Waals surface area (Å²) in [6.07, 6.45) is 10.9. The number of nitrogens with zero attached hydrogens (tertiary/aromatic N) is 4. The average molecular weight is 568 g/mol. The molecular formula is C29H41N7O5. The summed E-state index contributed by atoms with van der Waals surface area (Å²) in [5.41, 5.74) is 1.26. The van der Waals surface area contributed by atoms with Crippen LogP contribution in [0.15, 0.2) is 12.1 Å². The van der Waals surface area contributed by atoms with E-state index in [2.05, 4.69) is 30.9 Å². The molecule has 0 radical (unpaired) electrons. The van der Waals surface area contributed by atoms with Gasteiger partial charge in [0.05, 0.1) is 13.0 Å². The minimum atomic E-state index is -0.975. The lowest BCUT2D eigenvalue weighted by atomic mass is 9.79. The predicted octanol–water partition coefficient (Wildman–Crippen LogP) is 3.35. The van der Waals surface area contributed by atoms with Crippen molar-refractivity contribution in [2.75, 3.05) is 6.54 Å². The number of hydrogen-bond donors (Lipinski definition) is 4. The molecule has 3 fully saturated rings. The highest BCUT2D eigenvalue weighted by Gasteiger charge is 2.43. The fourth-order valence-corrected chi connectivity index (χ4v) is 7.22. The largest absolute Gasteiger partial charge is 0.481 e. The van der Waals surface area contributed by atoms with Gasteiger partial charge in [0, 0.05) is 31.0 Å². The molecule has 12 nitrogen and oxygen atoms in total. The van der Waals surface area contributed by atoms with E-state index in [9.17, 15) is 19.2 Å². The van der Waals surface area contributed by atoms with Crippen LogP contribution in [0.4, 0.5) is 0 Å². The fourth-order valence-electron chi connectivity index (χ4n) is 7.22. The molecule has 2 aliphatic carbocycles. The zero-order valence-electron chi connectivity index (χ0n) is 23.5. The summed E-state index contributed by atoms with van der Waals surface area (Å²) < 4.78 is 0. The number of Topliss-reactive ketones (excluding diaryl/α,β-unsaturated/α-hetero) is 1. The Labute approximate surface area is 239 Å². The highest BCUT2D eigenvalue weighted by Crippen LogP contribution is 2.41. The van der Waals surface area contributed by atoms with Crippen LogP contribution in [0.1, 0.15) is 111 Å². The van der Waals surface area contributed by atoms with E-state index < -0.39 is 12.0 Å². The van der Waals surface area contributed by atoms with Crippen molar-refractivity contribution < 1.29 is 24.3 Å². The van der Waals surface area contributed by atoms with Gasteiger partial charge in [0.15, 0.2) is 5.82 Å². The van der Waals surface area contributed by atoms with Crippen LogP contribution in [0, 0.1) is 17.8 Å². The normalized spacial score (nSPS) is 22.6. The molecule has 0 spiro atoms. The van der Waals surface area contributed by atoms with Crippen LogP contribution >= 0.6 is 0 Å². The van der Waals surface area contributed by atoms with Gasteiger partial charge >= 0.3 is 5.97 Å². The Bertz CT molecular complexity index is 1200. The fraction of sp³-hybridized carbons (Fsp3) is 0.690. The number of aromatic amines is 2. The number of carboxylic acid groups (broad SMARTS) is 1. The Morgan fingerprint density at radius 1 is 1.00 bits per heavy atom. The molecule has 222 valence electrons. The molecule has 2 aromatic heterocycles. The molecule has 4 N–H and O–H groups in total. The number of aromatic nitrogens is 5. The van der Waals surface area contributed by atoms with Crippen LogP contribution < -0.4 is 5.32 Å². The van der Waals surface area contributed by atoms with E-state index >= 15 is 0 Å². The van der Waals surface area contributed by atoms with E-state index in [0.717, 1.165) is 44.2 Å². The van der Waals surface area contributed by atoms with Gasteiger partial charge in [-0.15, -0.1) is 10.2 Å². The van der Waals surface area contributed by atoms with Gasteiger partial charge in [-0.25, -0.2) is 0 Å². The third-order valence-corrected chi connectivity index (χ3v) is 9.40. The van der Waals surface area contributed by atoms with Gasteiger partial charge in [-0.1, -0.05) is 50.2 Å². The number of rotatable bonds is 12. The molecule has 2 amide bonds. The van der Waals surface area contributed by atoms with Crippen LogP contribution in [-0.4, -0.2) is 71.8 Å². The minimum absolute atomic E-state index is 0.0159. The summed E-state index contributed by atoms with van der Waals surface area (Å²) in [7, 11) is 0. The van der Waals surface area contributed by atoms with Gasteiger partial charge in [0.2, 0.25) is 5.91 Å². The van der Waals surface area contributed by atoms with Crippen molar-refractivity contribution in [3.8, 4) is 0 Å². The molecule has 41 heavy (non-hydrogen) atoms. The van der Waals surface area contributed by atoms with Crippen molar-refractivity contribution in [1.29, 1.82) is 0 Å². The number of carboxylic acids is 1. The van der Waals surface area contributed by atoms with Crippen LogP contribution in [0.25, 0.3) is 0 Å². The van der Waals surface area contributed by atoms with Crippen molar-refractivity contribution in [2.45, 2.75) is 102 Å². The lowest BCUT2D eigenvalue weighted by Gasteiger charge is -2.27. The van der Waals surface area contributed by atoms with Crippen molar-refractivity contribution in [2.24, 2.45) is 17.8 Å². The number of H-pyrrole nitrogens is 2. The van der Waals surface area contributed by atoms with Gasteiger partial charge in [-0.2, -0.15) is 5.21 Å². The van der Waals surface area contributed by atoms with E-state index in [1.165, 1.54) is 19.3 Å². The number of hydrogen-bond acceptors (Lipinski definition) is 7. The molecule has 0 bridgehead atoms. The molecular weight excluding hydrogens is 526 g/mol. The second-order valence-electron chi connectivity index (χ2n) is 12.0. The molecule has 1 aliphatic heterocycles. The summed E-state index contributed by atoms with van der Waals surface area (Å²) in [5.74, 6) is -0.0822. The van der Waals surface area contributed by atoms with Gasteiger partial charge in [0.1, 0.15) is 17.5 Å². The van der Waals surface area contributed by atoms with E-state index in [-0.39, 0.29) is 55.2 Å². The average Bonchev–Trinajstić information content (AvgIpc) is 3.81. The third kappa shape index (κ3) is 7.20. The maximum absolute atomic E-state index is 13.9. The third-order valence-electron chi connectivity index (χ3n) is 9.40. The molecule has 2 aromatic rings. The van der Waals surface area contributed by atoms with Crippen molar-refractivity contribution in [1.82, 2.24) is 35.8 Å². The molecule has 2 saturated carbocycles. The summed E-state index contributed by atoms with van der Waals surface area (Å²) in [5, 5.41) is 25.6. The van der Waals surface area contributed by atoms with Gasteiger partial charge in [-0.05, 0) is 49.1 Å². The summed E-state index contributed by atoms with van der Waals surface area (Å²) in [6, 6.07) is 3.07. The van der Waals surface area contributed by atoms with E-state index in [1.54, 1.807) is 11.0 Å². The smallest absolute Gasteiger partial charge is 0.303 e. The molecule has 3 heterocycles. The lowest BCUT2D eigenvalue weighted by Crippen LogP contribution is -2.46.